The lowest BCUT2D eigenvalue weighted by Gasteiger charge is -2.28. The van der Waals surface area contributed by atoms with Crippen molar-refractivity contribution in [2.45, 2.75) is 22.8 Å². The summed E-state index contributed by atoms with van der Waals surface area (Å²) < 4.78 is 55.2. The van der Waals surface area contributed by atoms with E-state index in [1.807, 2.05) is 0 Å². The van der Waals surface area contributed by atoms with Crippen molar-refractivity contribution < 1.29 is 21.8 Å². The highest BCUT2D eigenvalue weighted by Crippen LogP contribution is 2.29. The molecule has 0 radical (unpaired) electrons. The van der Waals surface area contributed by atoms with Crippen LogP contribution in [0.25, 0.3) is 0 Å². The number of sulfonamides is 2. The number of hydrogen-bond acceptors (Lipinski definition) is 6. The second-order valence-corrected chi connectivity index (χ2v) is 10.8. The van der Waals surface area contributed by atoms with Crippen LogP contribution in [0.3, 0.4) is 0 Å². The smallest absolute Gasteiger partial charge is 0.279 e. The van der Waals surface area contributed by atoms with E-state index in [0.29, 0.717) is 18.5 Å². The molecule has 1 heterocycles. The fourth-order valence-electron chi connectivity index (χ4n) is 3.59. The molecular weight excluding hydrogens is 454 g/mol. The van der Waals surface area contributed by atoms with Gasteiger partial charge in [0.1, 0.15) is 0 Å². The van der Waals surface area contributed by atoms with Gasteiger partial charge in [-0.1, -0.05) is 36.4 Å². The zero-order valence-electron chi connectivity index (χ0n) is 16.7. The van der Waals surface area contributed by atoms with E-state index in [4.69, 9.17) is 0 Å². The molecule has 0 unspecified atom stereocenters. The van der Waals surface area contributed by atoms with Gasteiger partial charge in [-0.25, -0.2) is 16.8 Å². The lowest BCUT2D eigenvalue weighted by molar-refractivity contribution is -0.387. The molecule has 0 aromatic heterocycles. The number of nitro groups is 1. The quantitative estimate of drug-likeness (QED) is 0.433. The van der Waals surface area contributed by atoms with E-state index in [-0.39, 0.29) is 17.1 Å². The van der Waals surface area contributed by atoms with Crippen LogP contribution in [-0.2, 0) is 33.0 Å². The Morgan fingerprint density at radius 1 is 0.875 bits per heavy atom. The van der Waals surface area contributed by atoms with Crippen LogP contribution in [0.5, 0.6) is 0 Å². The second kappa shape index (κ2) is 8.34. The van der Waals surface area contributed by atoms with Gasteiger partial charge in [0.15, 0.2) is 4.90 Å². The molecule has 0 aliphatic carbocycles. The van der Waals surface area contributed by atoms with Gasteiger partial charge in [0, 0.05) is 24.8 Å². The third kappa shape index (κ3) is 4.22. The van der Waals surface area contributed by atoms with Gasteiger partial charge in [0.05, 0.1) is 9.82 Å². The highest BCUT2D eigenvalue weighted by atomic mass is 32.2. The lowest BCUT2D eigenvalue weighted by atomic mass is 10.0. The van der Waals surface area contributed by atoms with Crippen LogP contribution in [0.1, 0.15) is 11.1 Å². The van der Waals surface area contributed by atoms with Gasteiger partial charge in [-0.3, -0.25) is 14.8 Å². The first kappa shape index (κ1) is 21.9. The summed E-state index contributed by atoms with van der Waals surface area (Å²) in [7, 11) is -7.92. The van der Waals surface area contributed by atoms with Gasteiger partial charge >= 0.3 is 0 Å². The molecule has 9 nitrogen and oxygen atoms in total. The van der Waals surface area contributed by atoms with Crippen molar-refractivity contribution >= 4 is 31.4 Å². The van der Waals surface area contributed by atoms with Gasteiger partial charge in [-0.15, -0.1) is 0 Å². The van der Waals surface area contributed by atoms with E-state index in [0.717, 1.165) is 17.7 Å². The maximum Gasteiger partial charge on any atom is 0.289 e. The Morgan fingerprint density at radius 3 is 2.28 bits per heavy atom. The number of para-hydroxylation sites is 1. The molecule has 166 valence electrons. The topological polar surface area (TPSA) is 127 Å². The summed E-state index contributed by atoms with van der Waals surface area (Å²) >= 11 is 0. The van der Waals surface area contributed by atoms with E-state index in [2.05, 4.69) is 4.72 Å². The Hall–Kier alpha value is -3.28. The molecule has 0 saturated heterocycles. The summed E-state index contributed by atoms with van der Waals surface area (Å²) in [6, 6.07) is 18.0. The third-order valence-electron chi connectivity index (χ3n) is 5.17. The molecule has 0 amide bonds. The molecule has 0 fully saturated rings. The van der Waals surface area contributed by atoms with E-state index in [9.17, 15) is 26.9 Å². The van der Waals surface area contributed by atoms with Crippen LogP contribution in [0, 0.1) is 10.1 Å². The molecular formula is C21H19N3O6S2. The first-order valence-electron chi connectivity index (χ1n) is 9.62. The summed E-state index contributed by atoms with van der Waals surface area (Å²) in [5.41, 5.74) is 1.25. The number of anilines is 1. The van der Waals surface area contributed by atoms with Gasteiger partial charge in [0.25, 0.3) is 15.7 Å². The highest BCUT2D eigenvalue weighted by Gasteiger charge is 2.29. The monoisotopic (exact) mass is 473 g/mol. The number of nitrogens with zero attached hydrogens (tertiary/aromatic N) is 2. The molecule has 32 heavy (non-hydrogen) atoms. The SMILES string of the molecule is O=[N+]([O-])c1ccccc1S(=O)(=O)Nc1ccc2c(c1)CN(S(=O)(=O)c1ccccc1)CC2. The predicted molar refractivity (Wildman–Crippen MR) is 118 cm³/mol. The van der Waals surface area contributed by atoms with E-state index < -0.39 is 35.6 Å². The van der Waals surface area contributed by atoms with Crippen molar-refractivity contribution in [1.82, 2.24) is 4.31 Å². The number of benzene rings is 3. The van der Waals surface area contributed by atoms with Crippen LogP contribution in [-0.4, -0.2) is 32.6 Å². The number of rotatable bonds is 6. The molecule has 11 heteroatoms. The number of fused-ring (bicyclic) bond motifs is 1. The normalized spacial score (nSPS) is 14.5. The van der Waals surface area contributed by atoms with Crippen molar-refractivity contribution in [3.63, 3.8) is 0 Å². The Balaban J connectivity index is 1.62. The molecule has 1 aliphatic rings. The van der Waals surface area contributed by atoms with Crippen LogP contribution in [0.2, 0.25) is 0 Å². The van der Waals surface area contributed by atoms with Gasteiger partial charge in [-0.2, -0.15) is 4.31 Å². The fourth-order valence-corrected chi connectivity index (χ4v) is 6.25. The molecule has 0 spiro atoms. The number of hydrogen-bond donors (Lipinski definition) is 1. The molecule has 4 rings (SSSR count). The van der Waals surface area contributed by atoms with Crippen molar-refractivity contribution in [3.05, 3.63) is 94.0 Å². The minimum atomic E-state index is -4.22. The average Bonchev–Trinajstić information content (AvgIpc) is 2.79. The standard InChI is InChI=1S/C21H19N3O6S2/c25-24(26)20-8-4-5-9-21(20)31(27,28)22-18-11-10-16-12-13-23(15-17(16)14-18)32(29,30)19-6-2-1-3-7-19/h1-11,14,22H,12-13,15H2. The average molecular weight is 474 g/mol. The van der Waals surface area contributed by atoms with Crippen molar-refractivity contribution in [2.24, 2.45) is 0 Å². The maximum atomic E-state index is 12.9. The van der Waals surface area contributed by atoms with Gasteiger partial charge in [0.2, 0.25) is 10.0 Å². The molecule has 3 aromatic rings. The van der Waals surface area contributed by atoms with E-state index in [1.54, 1.807) is 36.4 Å². The van der Waals surface area contributed by atoms with Crippen LogP contribution in [0.15, 0.2) is 82.6 Å². The molecule has 0 bridgehead atoms. The Bertz CT molecular complexity index is 1390. The van der Waals surface area contributed by atoms with Gasteiger partial charge < -0.3 is 0 Å². The van der Waals surface area contributed by atoms with Gasteiger partial charge in [-0.05, 0) is 47.9 Å². The third-order valence-corrected chi connectivity index (χ3v) is 8.46. The highest BCUT2D eigenvalue weighted by molar-refractivity contribution is 7.92. The van der Waals surface area contributed by atoms with E-state index in [1.165, 1.54) is 28.6 Å². The Morgan fingerprint density at radius 2 is 1.56 bits per heavy atom. The predicted octanol–water partition coefficient (Wildman–Crippen LogP) is 3.14. The molecule has 3 aromatic carbocycles. The maximum absolute atomic E-state index is 12.9. The zero-order chi connectivity index (χ0) is 22.9. The number of nitro benzene ring substituents is 1. The Labute approximate surface area is 185 Å². The van der Waals surface area contributed by atoms with Crippen molar-refractivity contribution in [3.8, 4) is 0 Å². The summed E-state index contributed by atoms with van der Waals surface area (Å²) in [6.45, 7) is 0.402. The summed E-state index contributed by atoms with van der Waals surface area (Å²) in [4.78, 5) is 10.2. The molecule has 1 N–H and O–H groups in total. The minimum Gasteiger partial charge on any atom is -0.279 e. The molecule has 0 saturated carbocycles. The molecule has 1 aliphatic heterocycles. The van der Waals surface area contributed by atoms with Crippen LogP contribution in [0.4, 0.5) is 11.4 Å². The molecule has 0 atom stereocenters. The van der Waals surface area contributed by atoms with Crippen LogP contribution < -0.4 is 4.72 Å². The van der Waals surface area contributed by atoms with Crippen molar-refractivity contribution in [2.75, 3.05) is 11.3 Å². The van der Waals surface area contributed by atoms with Crippen LogP contribution >= 0.6 is 0 Å². The summed E-state index contributed by atoms with van der Waals surface area (Å²) in [5.74, 6) is 0. The first-order chi connectivity index (χ1) is 15.2. The fraction of sp³-hybridized carbons (Fsp3) is 0.143. The van der Waals surface area contributed by atoms with E-state index >= 15 is 0 Å². The largest absolute Gasteiger partial charge is 0.289 e. The minimum absolute atomic E-state index is 0.0909. The summed E-state index contributed by atoms with van der Waals surface area (Å²) in [5, 5.41) is 11.2. The number of nitrogens with one attached hydrogen (secondary N) is 1. The second-order valence-electron chi connectivity index (χ2n) is 7.22. The zero-order valence-corrected chi connectivity index (χ0v) is 18.3. The Kier molecular flexibility index (Phi) is 5.71. The summed E-state index contributed by atoms with van der Waals surface area (Å²) in [6.07, 6.45) is 0.485. The van der Waals surface area contributed by atoms with Crippen molar-refractivity contribution in [1.29, 1.82) is 0 Å². The lowest BCUT2D eigenvalue weighted by Crippen LogP contribution is -2.36. The first-order valence-corrected chi connectivity index (χ1v) is 12.5.